The zero-order valence-corrected chi connectivity index (χ0v) is 10.8. The molecule has 0 fully saturated rings. The van der Waals surface area contributed by atoms with E-state index < -0.39 is 0 Å². The molecule has 0 aliphatic rings. The van der Waals surface area contributed by atoms with Crippen LogP contribution in [0.4, 0.5) is 0 Å². The highest BCUT2D eigenvalue weighted by molar-refractivity contribution is 5.56. The van der Waals surface area contributed by atoms with Crippen molar-refractivity contribution in [1.29, 1.82) is 0 Å². The molecule has 0 atom stereocenters. The van der Waals surface area contributed by atoms with E-state index in [9.17, 15) is 0 Å². The van der Waals surface area contributed by atoms with E-state index in [0.717, 1.165) is 36.5 Å². The zero-order chi connectivity index (χ0) is 12.0. The molecule has 0 bridgehead atoms. The Balaban J connectivity index is 2.71. The summed E-state index contributed by atoms with van der Waals surface area (Å²) in [4.78, 5) is 0. The lowest BCUT2D eigenvalue weighted by atomic mass is 10.1. The minimum atomic E-state index is 0.902. The molecule has 1 aromatic heterocycles. The molecule has 0 unspecified atom stereocenters. The Morgan fingerprint density at radius 1 is 1.38 bits per heavy atom. The van der Waals surface area contributed by atoms with Gasteiger partial charge in [0.05, 0.1) is 5.69 Å². The van der Waals surface area contributed by atoms with Crippen LogP contribution in [0.5, 0.6) is 0 Å². The summed E-state index contributed by atoms with van der Waals surface area (Å²) in [5.41, 5.74) is 3.50. The minimum absolute atomic E-state index is 0.902. The fourth-order valence-corrected chi connectivity index (χ4v) is 1.60. The molecule has 1 heterocycles. The Hall–Kier alpha value is -1.09. The van der Waals surface area contributed by atoms with Crippen LogP contribution in [0.2, 0.25) is 0 Å². The molecule has 3 heteroatoms. The first-order valence-electron chi connectivity index (χ1n) is 6.02. The number of nitrogens with zero attached hydrogens (tertiary/aromatic N) is 1. The van der Waals surface area contributed by atoms with Crippen molar-refractivity contribution >= 4 is 6.08 Å². The van der Waals surface area contributed by atoms with Gasteiger partial charge in [0.1, 0.15) is 5.76 Å². The Labute approximate surface area is 97.9 Å². The van der Waals surface area contributed by atoms with Gasteiger partial charge in [-0.25, -0.2) is 0 Å². The van der Waals surface area contributed by atoms with Gasteiger partial charge in [-0.3, -0.25) is 0 Å². The van der Waals surface area contributed by atoms with E-state index in [4.69, 9.17) is 4.52 Å². The van der Waals surface area contributed by atoms with E-state index >= 15 is 0 Å². The van der Waals surface area contributed by atoms with E-state index in [-0.39, 0.29) is 0 Å². The second-order valence-electron chi connectivity index (χ2n) is 4.07. The van der Waals surface area contributed by atoms with Gasteiger partial charge in [0.2, 0.25) is 0 Å². The summed E-state index contributed by atoms with van der Waals surface area (Å²) >= 11 is 0. The Morgan fingerprint density at radius 3 is 2.62 bits per heavy atom. The van der Waals surface area contributed by atoms with Gasteiger partial charge in [0, 0.05) is 12.1 Å². The predicted molar refractivity (Wildman–Crippen MR) is 67.4 cm³/mol. The van der Waals surface area contributed by atoms with E-state index in [1.54, 1.807) is 0 Å². The monoisotopic (exact) mass is 222 g/mol. The van der Waals surface area contributed by atoms with Crippen LogP contribution in [0.15, 0.2) is 10.1 Å². The lowest BCUT2D eigenvalue weighted by molar-refractivity contribution is 0.393. The van der Waals surface area contributed by atoms with Crippen LogP contribution in [-0.4, -0.2) is 18.2 Å². The average molecular weight is 222 g/mol. The van der Waals surface area contributed by atoms with Gasteiger partial charge in [0.15, 0.2) is 0 Å². The van der Waals surface area contributed by atoms with Crippen molar-refractivity contribution in [3.8, 4) is 0 Å². The van der Waals surface area contributed by atoms with Crippen LogP contribution >= 0.6 is 0 Å². The molecular weight excluding hydrogens is 200 g/mol. The molecule has 3 nitrogen and oxygen atoms in total. The molecule has 1 aromatic rings. The lowest BCUT2D eigenvalue weighted by Crippen LogP contribution is -2.17. The molecule has 0 saturated heterocycles. The number of hydrogen-bond donors (Lipinski definition) is 1. The summed E-state index contributed by atoms with van der Waals surface area (Å²) in [6, 6.07) is 0. The van der Waals surface area contributed by atoms with Gasteiger partial charge >= 0.3 is 0 Å². The van der Waals surface area contributed by atoms with Crippen molar-refractivity contribution in [3.63, 3.8) is 0 Å². The molecule has 16 heavy (non-hydrogen) atoms. The number of nitrogens with one attached hydrogen (secondary N) is 1. The van der Waals surface area contributed by atoms with Gasteiger partial charge < -0.3 is 9.84 Å². The number of aryl methyl sites for hydroxylation is 2. The topological polar surface area (TPSA) is 38.1 Å². The fourth-order valence-electron chi connectivity index (χ4n) is 1.60. The number of aromatic nitrogens is 1. The number of rotatable bonds is 6. The quantitative estimate of drug-likeness (QED) is 0.752. The van der Waals surface area contributed by atoms with Gasteiger partial charge in [-0.1, -0.05) is 24.6 Å². The largest absolute Gasteiger partial charge is 0.361 e. The third-order valence-electron chi connectivity index (χ3n) is 2.67. The summed E-state index contributed by atoms with van der Waals surface area (Å²) in [5, 5.41) is 7.38. The van der Waals surface area contributed by atoms with E-state index in [2.05, 4.69) is 30.4 Å². The molecule has 0 amide bonds. The summed E-state index contributed by atoms with van der Waals surface area (Å²) in [6.45, 7) is 10.3. The standard InChI is InChI=1S/C13H22N2O/c1-5-7-14-9-12(6-2)8-13-10(3)15-16-11(13)4/h8,14H,5-7,9H2,1-4H3. The number of hydrogen-bond acceptors (Lipinski definition) is 3. The van der Waals surface area contributed by atoms with Gasteiger partial charge in [-0.2, -0.15) is 0 Å². The summed E-state index contributed by atoms with van der Waals surface area (Å²) in [7, 11) is 0. The van der Waals surface area contributed by atoms with Crippen LogP contribution in [0.3, 0.4) is 0 Å². The highest BCUT2D eigenvalue weighted by Crippen LogP contribution is 2.17. The Morgan fingerprint density at radius 2 is 2.12 bits per heavy atom. The first kappa shape index (κ1) is 13.0. The molecule has 0 radical (unpaired) electrons. The molecule has 0 spiro atoms. The van der Waals surface area contributed by atoms with Gasteiger partial charge in [0.25, 0.3) is 0 Å². The van der Waals surface area contributed by atoms with E-state index in [1.165, 1.54) is 12.0 Å². The average Bonchev–Trinajstić information content (AvgIpc) is 2.59. The molecule has 0 aromatic carbocycles. The molecule has 0 aliphatic carbocycles. The van der Waals surface area contributed by atoms with Crippen LogP contribution < -0.4 is 5.32 Å². The van der Waals surface area contributed by atoms with Crippen LogP contribution in [-0.2, 0) is 0 Å². The Kier molecular flexibility index (Phi) is 5.26. The van der Waals surface area contributed by atoms with Crippen LogP contribution in [0, 0.1) is 13.8 Å². The second-order valence-corrected chi connectivity index (χ2v) is 4.07. The van der Waals surface area contributed by atoms with Gasteiger partial charge in [-0.05, 0) is 39.3 Å². The molecule has 1 N–H and O–H groups in total. The molecule has 0 aliphatic heterocycles. The molecule has 0 saturated carbocycles. The zero-order valence-electron chi connectivity index (χ0n) is 10.8. The van der Waals surface area contributed by atoms with E-state index in [1.807, 2.05) is 13.8 Å². The smallest absolute Gasteiger partial charge is 0.141 e. The SMILES string of the molecule is CCCNCC(=Cc1c(C)noc1C)CC. The lowest BCUT2D eigenvalue weighted by Gasteiger charge is -2.06. The van der Waals surface area contributed by atoms with Crippen molar-refractivity contribution in [2.45, 2.75) is 40.5 Å². The van der Waals surface area contributed by atoms with Crippen molar-refractivity contribution in [2.75, 3.05) is 13.1 Å². The van der Waals surface area contributed by atoms with Gasteiger partial charge in [-0.15, -0.1) is 0 Å². The highest BCUT2D eigenvalue weighted by Gasteiger charge is 2.06. The maximum atomic E-state index is 5.15. The van der Waals surface area contributed by atoms with E-state index in [0.29, 0.717) is 0 Å². The van der Waals surface area contributed by atoms with Crippen molar-refractivity contribution < 1.29 is 4.52 Å². The third kappa shape index (κ3) is 3.49. The first-order valence-corrected chi connectivity index (χ1v) is 6.02. The minimum Gasteiger partial charge on any atom is -0.361 e. The van der Waals surface area contributed by atoms with Crippen molar-refractivity contribution in [1.82, 2.24) is 10.5 Å². The van der Waals surface area contributed by atoms with Crippen LogP contribution in [0.1, 0.15) is 43.7 Å². The maximum absolute atomic E-state index is 5.15. The maximum Gasteiger partial charge on any atom is 0.141 e. The van der Waals surface area contributed by atoms with Crippen LogP contribution in [0.25, 0.3) is 6.08 Å². The molecular formula is C13H22N2O. The highest BCUT2D eigenvalue weighted by atomic mass is 16.5. The first-order chi connectivity index (χ1) is 7.69. The van der Waals surface area contributed by atoms with Crippen molar-refractivity contribution in [3.05, 3.63) is 22.6 Å². The summed E-state index contributed by atoms with van der Waals surface area (Å²) in [5.74, 6) is 0.902. The molecule has 90 valence electrons. The third-order valence-corrected chi connectivity index (χ3v) is 2.67. The summed E-state index contributed by atoms with van der Waals surface area (Å²) in [6.07, 6.45) is 4.42. The Bertz CT molecular complexity index is 333. The van der Waals surface area contributed by atoms with Crippen molar-refractivity contribution in [2.24, 2.45) is 0 Å². The molecule has 1 rings (SSSR count). The summed E-state index contributed by atoms with van der Waals surface area (Å²) < 4.78 is 5.15. The predicted octanol–water partition coefficient (Wildman–Crippen LogP) is 3.08. The second kappa shape index (κ2) is 6.48. The normalized spacial score (nSPS) is 12.1. The fraction of sp³-hybridized carbons (Fsp3) is 0.615.